The highest BCUT2D eigenvalue weighted by Gasteiger charge is 2.53. The molecule has 0 aliphatic rings. The summed E-state index contributed by atoms with van der Waals surface area (Å²) in [5.41, 5.74) is -3.22. The molecule has 0 heterocycles. The van der Waals surface area contributed by atoms with Crippen LogP contribution in [0.5, 0.6) is 5.75 Å². The summed E-state index contributed by atoms with van der Waals surface area (Å²) in [6.45, 7) is 4.85. The fourth-order valence-electron chi connectivity index (χ4n) is 2.27. The lowest BCUT2D eigenvalue weighted by Crippen LogP contribution is -2.39. The summed E-state index contributed by atoms with van der Waals surface area (Å²) in [6.07, 6.45) is -4.80. The Morgan fingerprint density at radius 2 is 1.73 bits per heavy atom. The molecule has 0 saturated carbocycles. The van der Waals surface area contributed by atoms with Gasteiger partial charge in [0, 0.05) is 5.56 Å². The molecule has 2 aromatic carbocycles. The smallest absolute Gasteiger partial charge is 0.421 e. The van der Waals surface area contributed by atoms with E-state index in [1.807, 2.05) is 13.8 Å². The first-order valence-electron chi connectivity index (χ1n) is 7.08. The van der Waals surface area contributed by atoms with Crippen molar-refractivity contribution < 1.29 is 23.0 Å². The monoisotopic (exact) mass is 312 g/mol. The molecule has 0 aliphatic carbocycles. The number of halogens is 3. The van der Waals surface area contributed by atoms with Crippen LogP contribution in [0.3, 0.4) is 0 Å². The second-order valence-corrected chi connectivity index (χ2v) is 5.93. The molecule has 22 heavy (non-hydrogen) atoms. The molecule has 2 rings (SSSR count). The first-order valence-corrected chi connectivity index (χ1v) is 7.08. The van der Waals surface area contributed by atoms with Crippen LogP contribution in [0.25, 0.3) is 10.8 Å². The van der Waals surface area contributed by atoms with Crippen molar-refractivity contribution in [2.75, 3.05) is 6.61 Å². The van der Waals surface area contributed by atoms with Gasteiger partial charge in [-0.1, -0.05) is 44.2 Å². The first kappa shape index (κ1) is 16.6. The summed E-state index contributed by atoms with van der Waals surface area (Å²) >= 11 is 0. The van der Waals surface area contributed by atoms with Gasteiger partial charge in [-0.05, 0) is 29.7 Å². The number of ether oxygens (including phenoxy) is 1. The SMILES string of the molecule is CC(C)COc1ccc2ccccc2c1C(C)(O)C(F)(F)F. The van der Waals surface area contributed by atoms with Gasteiger partial charge >= 0.3 is 6.18 Å². The molecule has 0 aliphatic heterocycles. The van der Waals surface area contributed by atoms with Gasteiger partial charge in [-0.2, -0.15) is 13.2 Å². The van der Waals surface area contributed by atoms with E-state index in [2.05, 4.69) is 0 Å². The minimum Gasteiger partial charge on any atom is -0.493 e. The minimum absolute atomic E-state index is 0.0646. The van der Waals surface area contributed by atoms with Gasteiger partial charge in [0.2, 0.25) is 0 Å². The fourth-order valence-corrected chi connectivity index (χ4v) is 2.27. The molecule has 0 radical (unpaired) electrons. The molecule has 1 atom stereocenters. The van der Waals surface area contributed by atoms with Gasteiger partial charge in [-0.3, -0.25) is 0 Å². The second kappa shape index (κ2) is 5.80. The van der Waals surface area contributed by atoms with Crippen molar-refractivity contribution in [3.63, 3.8) is 0 Å². The largest absolute Gasteiger partial charge is 0.493 e. The third-order valence-corrected chi connectivity index (χ3v) is 3.50. The summed E-state index contributed by atoms with van der Waals surface area (Å²) in [4.78, 5) is 0. The van der Waals surface area contributed by atoms with Crippen LogP contribution in [-0.4, -0.2) is 17.9 Å². The lowest BCUT2D eigenvalue weighted by atomic mass is 9.89. The van der Waals surface area contributed by atoms with Gasteiger partial charge in [-0.25, -0.2) is 0 Å². The molecule has 120 valence electrons. The number of hydrogen-bond acceptors (Lipinski definition) is 2. The van der Waals surface area contributed by atoms with Gasteiger partial charge in [0.1, 0.15) is 5.75 Å². The molecule has 0 spiro atoms. The molecule has 0 bridgehead atoms. The Hall–Kier alpha value is -1.75. The molecule has 2 aromatic rings. The number of fused-ring (bicyclic) bond motifs is 1. The first-order chi connectivity index (χ1) is 10.1. The van der Waals surface area contributed by atoms with Gasteiger partial charge in [0.05, 0.1) is 6.61 Å². The van der Waals surface area contributed by atoms with E-state index in [0.29, 0.717) is 10.8 Å². The summed E-state index contributed by atoms with van der Waals surface area (Å²) in [6, 6.07) is 9.83. The fraction of sp³-hybridized carbons (Fsp3) is 0.412. The Morgan fingerprint density at radius 1 is 1.09 bits per heavy atom. The van der Waals surface area contributed by atoms with Crippen LogP contribution in [-0.2, 0) is 5.60 Å². The number of benzene rings is 2. The number of rotatable bonds is 4. The molecule has 0 aromatic heterocycles. The van der Waals surface area contributed by atoms with E-state index in [-0.39, 0.29) is 23.8 Å². The third kappa shape index (κ3) is 3.04. The Balaban J connectivity index is 2.68. The highest BCUT2D eigenvalue weighted by atomic mass is 19.4. The number of aliphatic hydroxyl groups is 1. The highest BCUT2D eigenvalue weighted by molar-refractivity contribution is 5.88. The van der Waals surface area contributed by atoms with E-state index in [1.165, 1.54) is 6.07 Å². The van der Waals surface area contributed by atoms with Crippen LogP contribution >= 0.6 is 0 Å². The van der Waals surface area contributed by atoms with E-state index in [1.54, 1.807) is 30.3 Å². The molecule has 1 unspecified atom stereocenters. The topological polar surface area (TPSA) is 29.5 Å². The van der Waals surface area contributed by atoms with Crippen LogP contribution < -0.4 is 4.74 Å². The average molecular weight is 312 g/mol. The van der Waals surface area contributed by atoms with Crippen molar-refractivity contribution in [2.45, 2.75) is 32.5 Å². The third-order valence-electron chi connectivity index (χ3n) is 3.50. The Kier molecular flexibility index (Phi) is 4.38. The quantitative estimate of drug-likeness (QED) is 0.891. The Morgan fingerprint density at radius 3 is 2.32 bits per heavy atom. The van der Waals surface area contributed by atoms with Crippen LogP contribution in [0.2, 0.25) is 0 Å². The normalized spacial score (nSPS) is 15.1. The average Bonchev–Trinajstić information content (AvgIpc) is 2.42. The van der Waals surface area contributed by atoms with Gasteiger partial charge in [0.15, 0.2) is 5.60 Å². The molecular formula is C17H19F3O2. The molecule has 0 saturated heterocycles. The van der Waals surface area contributed by atoms with E-state index in [0.717, 1.165) is 6.92 Å². The minimum atomic E-state index is -4.80. The summed E-state index contributed by atoms with van der Waals surface area (Å²) in [5, 5.41) is 11.1. The van der Waals surface area contributed by atoms with E-state index < -0.39 is 11.8 Å². The maximum atomic E-state index is 13.3. The number of hydrogen-bond donors (Lipinski definition) is 1. The Bertz CT molecular complexity index is 660. The van der Waals surface area contributed by atoms with Gasteiger partial charge < -0.3 is 9.84 Å². The maximum absolute atomic E-state index is 13.3. The zero-order valence-corrected chi connectivity index (χ0v) is 12.7. The zero-order valence-electron chi connectivity index (χ0n) is 12.7. The standard InChI is InChI=1S/C17H19F3O2/c1-11(2)10-22-14-9-8-12-6-4-5-7-13(12)15(14)16(3,21)17(18,19)20/h4-9,11,21H,10H2,1-3H3. The highest BCUT2D eigenvalue weighted by Crippen LogP contribution is 2.45. The molecule has 0 amide bonds. The molecule has 2 nitrogen and oxygen atoms in total. The van der Waals surface area contributed by atoms with Crippen LogP contribution in [0.15, 0.2) is 36.4 Å². The predicted octanol–water partition coefficient (Wildman–Crippen LogP) is 4.64. The lowest BCUT2D eigenvalue weighted by Gasteiger charge is -2.30. The lowest BCUT2D eigenvalue weighted by molar-refractivity contribution is -0.258. The van der Waals surface area contributed by atoms with Gasteiger partial charge in [0.25, 0.3) is 0 Å². The van der Waals surface area contributed by atoms with Crippen molar-refractivity contribution in [1.82, 2.24) is 0 Å². The maximum Gasteiger partial charge on any atom is 0.421 e. The van der Waals surface area contributed by atoms with Crippen LogP contribution in [0, 0.1) is 5.92 Å². The van der Waals surface area contributed by atoms with Crippen molar-refractivity contribution in [2.24, 2.45) is 5.92 Å². The summed E-state index contributed by atoms with van der Waals surface area (Å²) < 4.78 is 45.5. The van der Waals surface area contributed by atoms with Crippen molar-refractivity contribution in [3.05, 3.63) is 42.0 Å². The molecule has 0 fully saturated rings. The van der Waals surface area contributed by atoms with E-state index in [9.17, 15) is 18.3 Å². The Labute approximate surface area is 127 Å². The van der Waals surface area contributed by atoms with Crippen molar-refractivity contribution in [1.29, 1.82) is 0 Å². The predicted molar refractivity (Wildman–Crippen MR) is 79.9 cm³/mol. The summed E-state index contributed by atoms with van der Waals surface area (Å²) in [5.74, 6) is 0.227. The van der Waals surface area contributed by atoms with Crippen LogP contribution in [0.1, 0.15) is 26.3 Å². The van der Waals surface area contributed by atoms with Gasteiger partial charge in [-0.15, -0.1) is 0 Å². The number of alkyl halides is 3. The van der Waals surface area contributed by atoms with Crippen molar-refractivity contribution in [3.8, 4) is 5.75 Å². The van der Waals surface area contributed by atoms with E-state index >= 15 is 0 Å². The van der Waals surface area contributed by atoms with Crippen LogP contribution in [0.4, 0.5) is 13.2 Å². The molecular weight excluding hydrogens is 293 g/mol. The molecule has 1 N–H and O–H groups in total. The van der Waals surface area contributed by atoms with Crippen molar-refractivity contribution >= 4 is 10.8 Å². The zero-order chi connectivity index (χ0) is 16.5. The summed E-state index contributed by atoms with van der Waals surface area (Å²) in [7, 11) is 0. The molecule has 5 heteroatoms. The second-order valence-electron chi connectivity index (χ2n) is 5.93. The van der Waals surface area contributed by atoms with E-state index in [4.69, 9.17) is 4.74 Å².